The summed E-state index contributed by atoms with van der Waals surface area (Å²) in [5.74, 6) is -1.71. The van der Waals surface area contributed by atoms with Crippen molar-refractivity contribution < 1.29 is 33.5 Å². The van der Waals surface area contributed by atoms with E-state index in [2.05, 4.69) is 26.2 Å². The highest BCUT2D eigenvalue weighted by Crippen LogP contribution is 2.51. The van der Waals surface area contributed by atoms with Gasteiger partial charge in [0, 0.05) is 49.3 Å². The Balaban J connectivity index is 1.16. The molecule has 2 aliphatic rings. The number of hydrogen-bond acceptors (Lipinski definition) is 17. The SMILES string of the molecule is CSCSC[SH](CSC1=C(C(=O)OC(c2ccccc2)c2ccccc2)N2C(=O)CC2SC1NC(=O)/C(=N\OC(c1ccccc1)(c1ccccc1)c1ccccc1)c1csc(NC(=O)OC(C)(C)C)n1)c1nnnn1C. The van der Waals surface area contributed by atoms with Crippen molar-refractivity contribution in [1.29, 1.82) is 0 Å². The van der Waals surface area contributed by atoms with E-state index in [1.807, 2.05) is 158 Å². The zero-order valence-corrected chi connectivity index (χ0v) is 47.5. The number of esters is 1. The van der Waals surface area contributed by atoms with Gasteiger partial charge in [0.1, 0.15) is 22.4 Å². The number of thioether (sulfide) groups is 4. The molecule has 0 radical (unpaired) electrons. The van der Waals surface area contributed by atoms with Gasteiger partial charge in [-0.15, -0.1) is 51.7 Å². The molecular formula is C55H55N9O7S6. The van der Waals surface area contributed by atoms with E-state index in [4.69, 9.17) is 24.5 Å². The van der Waals surface area contributed by atoms with Crippen molar-refractivity contribution in [2.45, 2.75) is 60.4 Å². The number of amides is 3. The molecule has 7 aromatic rings. The van der Waals surface area contributed by atoms with E-state index in [1.165, 1.54) is 28.4 Å². The minimum atomic E-state index is -1.40. The topological polar surface area (TPSA) is 192 Å². The fourth-order valence-electron chi connectivity index (χ4n) is 8.45. The Labute approximate surface area is 470 Å². The smallest absolute Gasteiger partial charge is 0.413 e. The van der Waals surface area contributed by atoms with Crippen LogP contribution >= 0.6 is 69.3 Å². The molecule has 2 aromatic heterocycles. The molecule has 1 fully saturated rings. The number of benzene rings is 5. The molecule has 3 amide bonds. The second kappa shape index (κ2) is 25.3. The molecule has 3 atom stereocenters. The fraction of sp³-hybridized carbons (Fsp3) is 0.255. The van der Waals surface area contributed by atoms with E-state index in [9.17, 15) is 9.59 Å². The Morgan fingerprint density at radius 3 is 1.92 bits per heavy atom. The number of rotatable bonds is 21. The van der Waals surface area contributed by atoms with E-state index in [0.717, 1.165) is 44.2 Å². The lowest BCUT2D eigenvalue weighted by Gasteiger charge is -2.47. The first kappa shape index (κ1) is 55.2. The highest BCUT2D eigenvalue weighted by atomic mass is 32.3. The molecule has 2 aliphatic heterocycles. The van der Waals surface area contributed by atoms with Crippen molar-refractivity contribution in [1.82, 2.24) is 35.4 Å². The summed E-state index contributed by atoms with van der Waals surface area (Å²) in [5, 5.41) is 26.2. The van der Waals surface area contributed by atoms with E-state index in [0.29, 0.717) is 20.2 Å². The summed E-state index contributed by atoms with van der Waals surface area (Å²) in [4.78, 5) is 71.3. The Morgan fingerprint density at radius 2 is 1.40 bits per heavy atom. The number of nitrogens with zero attached hydrogens (tertiary/aromatic N) is 7. The van der Waals surface area contributed by atoms with Gasteiger partial charge < -0.3 is 19.6 Å². The van der Waals surface area contributed by atoms with Gasteiger partial charge in [0.25, 0.3) is 5.91 Å². The van der Waals surface area contributed by atoms with Gasteiger partial charge >= 0.3 is 12.1 Å². The Hall–Kier alpha value is -6.56. The monoisotopic (exact) mass is 1150 g/mol. The molecule has 0 spiro atoms. The van der Waals surface area contributed by atoms with Crippen molar-refractivity contribution in [2.24, 2.45) is 12.2 Å². The molecule has 2 N–H and O–H groups in total. The third-order valence-corrected chi connectivity index (χ3v) is 21.1. The average Bonchev–Trinajstić information content (AvgIpc) is 4.14. The Bertz CT molecular complexity index is 3080. The second-order valence-corrected chi connectivity index (χ2v) is 26.7. The van der Waals surface area contributed by atoms with Gasteiger partial charge in [-0.05, 0) is 48.6 Å². The summed E-state index contributed by atoms with van der Waals surface area (Å²) in [7, 11) is 0.718. The van der Waals surface area contributed by atoms with E-state index >= 15 is 9.59 Å². The van der Waals surface area contributed by atoms with Crippen molar-refractivity contribution in [3.05, 3.63) is 201 Å². The number of thiol groups is 1. The van der Waals surface area contributed by atoms with Crippen LogP contribution in [0.5, 0.6) is 0 Å². The van der Waals surface area contributed by atoms with Crippen molar-refractivity contribution >= 4 is 104 Å². The van der Waals surface area contributed by atoms with Gasteiger partial charge in [-0.25, -0.2) is 19.3 Å². The predicted molar refractivity (Wildman–Crippen MR) is 311 cm³/mol. The lowest BCUT2D eigenvalue weighted by Crippen LogP contribution is -2.57. The number of fused-ring (bicyclic) bond motifs is 1. The first-order valence-electron chi connectivity index (χ1n) is 24.2. The van der Waals surface area contributed by atoms with Crippen LogP contribution in [0.15, 0.2) is 178 Å². The van der Waals surface area contributed by atoms with Gasteiger partial charge in [-0.1, -0.05) is 157 Å². The lowest BCUT2D eigenvalue weighted by atomic mass is 9.80. The highest BCUT2D eigenvalue weighted by Gasteiger charge is 2.50. The maximum atomic E-state index is 15.6. The molecule has 9 rings (SSSR count). The number of carbonyl (C=O) groups is 4. The molecule has 77 heavy (non-hydrogen) atoms. The summed E-state index contributed by atoms with van der Waals surface area (Å²) in [6.45, 7) is 5.26. The largest absolute Gasteiger partial charge is 0.448 e. The molecule has 0 saturated carbocycles. The van der Waals surface area contributed by atoms with Gasteiger partial charge in [-0.2, -0.15) is 22.7 Å². The Kier molecular flexibility index (Phi) is 18.1. The second-order valence-electron chi connectivity index (χ2n) is 18.4. The number of nitrogens with one attached hydrogen (secondary N) is 2. The fourth-order valence-corrected chi connectivity index (χ4v) is 17.5. The molecule has 0 bridgehead atoms. The number of oxime groups is 1. The number of carbonyl (C=O) groups excluding carboxylic acids is 4. The molecule has 4 heterocycles. The Morgan fingerprint density at radius 1 is 0.831 bits per heavy atom. The third-order valence-electron chi connectivity index (χ3n) is 11.9. The maximum absolute atomic E-state index is 15.6. The number of thiazole rings is 1. The van der Waals surface area contributed by atoms with E-state index in [-0.39, 0.29) is 34.6 Å². The summed E-state index contributed by atoms with van der Waals surface area (Å²) in [6, 6.07) is 47.6. The zero-order valence-electron chi connectivity index (χ0n) is 42.5. The van der Waals surface area contributed by atoms with Gasteiger partial charge in [0.05, 0.1) is 11.8 Å². The summed E-state index contributed by atoms with van der Waals surface area (Å²) >= 11 is 7.22. The third kappa shape index (κ3) is 13.1. The predicted octanol–water partition coefficient (Wildman–Crippen LogP) is 10.8. The highest BCUT2D eigenvalue weighted by molar-refractivity contribution is 8.34. The average molecular weight is 1150 g/mol. The normalized spacial score (nSPS) is 16.3. The molecular weight excluding hydrogens is 1090 g/mol. The van der Waals surface area contributed by atoms with Gasteiger partial charge in [0.2, 0.25) is 11.5 Å². The van der Waals surface area contributed by atoms with Crippen molar-refractivity contribution in [2.75, 3.05) is 26.8 Å². The number of tetrazole rings is 1. The number of aryl methyl sites for hydroxylation is 1. The van der Waals surface area contributed by atoms with Gasteiger partial charge in [-0.3, -0.25) is 19.8 Å². The van der Waals surface area contributed by atoms with Crippen LogP contribution in [0.25, 0.3) is 0 Å². The van der Waals surface area contributed by atoms with E-state index < -0.39 is 56.9 Å². The molecule has 22 heteroatoms. The molecule has 398 valence electrons. The minimum Gasteiger partial charge on any atom is -0.448 e. The zero-order chi connectivity index (χ0) is 53.9. The minimum absolute atomic E-state index is 0.0310. The molecule has 0 aliphatic carbocycles. The molecule has 1 saturated heterocycles. The van der Waals surface area contributed by atoms with Crippen LogP contribution in [-0.4, -0.2) is 97.5 Å². The number of aromatic nitrogens is 5. The van der Waals surface area contributed by atoms with Crippen molar-refractivity contribution in [3.63, 3.8) is 0 Å². The number of ether oxygens (including phenoxy) is 2. The number of anilines is 1. The van der Waals surface area contributed by atoms with Crippen LogP contribution in [0.1, 0.15) is 66.8 Å². The lowest BCUT2D eigenvalue weighted by molar-refractivity contribution is -0.151. The van der Waals surface area contributed by atoms with Crippen molar-refractivity contribution in [3.8, 4) is 0 Å². The first-order valence-corrected chi connectivity index (χ1v) is 31.3. The summed E-state index contributed by atoms with van der Waals surface area (Å²) < 4.78 is 13.7. The first-order chi connectivity index (χ1) is 37.3. The van der Waals surface area contributed by atoms with Crippen LogP contribution in [0, 0.1) is 0 Å². The van der Waals surface area contributed by atoms with Crippen LogP contribution in [-0.2, 0) is 41.3 Å². The number of β-lactam (4-membered cyclic amide) rings is 1. The van der Waals surface area contributed by atoms with Crippen LogP contribution in [0.4, 0.5) is 9.93 Å². The molecule has 16 nitrogen and oxygen atoms in total. The quantitative estimate of drug-likeness (QED) is 0.00899. The maximum Gasteiger partial charge on any atom is 0.413 e. The molecule has 5 aromatic carbocycles. The summed E-state index contributed by atoms with van der Waals surface area (Å²) in [6.07, 6.45) is 0.580. The van der Waals surface area contributed by atoms with E-state index in [1.54, 1.807) is 61.4 Å². The molecule has 3 unspecified atom stereocenters. The van der Waals surface area contributed by atoms with Crippen LogP contribution in [0.3, 0.4) is 0 Å². The van der Waals surface area contributed by atoms with Crippen LogP contribution in [0.2, 0.25) is 0 Å². The standard InChI is InChI=1S/C55H55N9O7S6/c1-54(2,3)70-53(68)58-51-56-41(32-74-51)44(60-71-55(38-25-15-8-16-26-38,39-27-17-9-18-28-39)40-29-19-10-20-30-40)48(66)57-49-47(75-35-77(34-73-33-72-5)52-59-61-62-63(52)4)45(64-42(65)31-43(64)76-49)50(67)69-46(36-21-11-6-12-22-36)37-23-13-7-14-24-37/h6-30,32,43,46,49,77H,31,33-35H2,1-5H3,(H,57,66)(H,56,58,68)/b60-44-. The summed E-state index contributed by atoms with van der Waals surface area (Å²) in [5.41, 5.74) is 1.32. The number of hydrogen-bond donors (Lipinski definition) is 3. The van der Waals surface area contributed by atoms with Crippen LogP contribution < -0.4 is 10.6 Å². The van der Waals surface area contributed by atoms with Gasteiger partial charge in [0.15, 0.2) is 22.1 Å².